The maximum atomic E-state index is 13.2. The summed E-state index contributed by atoms with van der Waals surface area (Å²) in [5.74, 6) is 1.13. The minimum atomic E-state index is -0.521. The molecular weight excluding hydrogens is 534 g/mol. The van der Waals surface area contributed by atoms with Gasteiger partial charge in [0.2, 0.25) is 16.8 Å². The molecule has 0 saturated heterocycles. The zero-order chi connectivity index (χ0) is 27.9. The lowest BCUT2D eigenvalue weighted by Crippen LogP contribution is -2.24. The van der Waals surface area contributed by atoms with E-state index in [4.69, 9.17) is 19.2 Å². The van der Waals surface area contributed by atoms with Crippen LogP contribution in [0.2, 0.25) is 0 Å². The van der Waals surface area contributed by atoms with Crippen LogP contribution >= 0.6 is 23.1 Å². The normalized spacial score (nSPS) is 11.4. The van der Waals surface area contributed by atoms with Gasteiger partial charge in [-0.2, -0.15) is 5.26 Å². The van der Waals surface area contributed by atoms with E-state index >= 15 is 0 Å². The SMILES string of the molecule is CCC(Sc1nc(-c2ccccc2)cc(-c2cc(OC)c(OC)c(OC)c2)c1C#N)C(=O)Nc1nnc(C)s1. The number of carbonyl (C=O) groups is 1. The number of carbonyl (C=O) groups excluding carboxylic acids is 1. The van der Waals surface area contributed by atoms with Gasteiger partial charge in [0.15, 0.2) is 11.5 Å². The van der Waals surface area contributed by atoms with Crippen LogP contribution in [-0.4, -0.2) is 47.7 Å². The molecule has 0 bridgehead atoms. The Balaban J connectivity index is 1.85. The fourth-order valence-corrected chi connectivity index (χ4v) is 5.55. The first kappa shape index (κ1) is 27.9. The van der Waals surface area contributed by atoms with Crippen molar-refractivity contribution >= 4 is 34.1 Å². The summed E-state index contributed by atoms with van der Waals surface area (Å²) in [5, 5.41) is 22.2. The van der Waals surface area contributed by atoms with E-state index in [2.05, 4.69) is 21.6 Å². The predicted molar refractivity (Wildman–Crippen MR) is 153 cm³/mol. The largest absolute Gasteiger partial charge is 0.493 e. The van der Waals surface area contributed by atoms with Crippen LogP contribution in [0.1, 0.15) is 23.9 Å². The lowest BCUT2D eigenvalue weighted by atomic mass is 9.98. The van der Waals surface area contributed by atoms with Crippen LogP contribution in [0, 0.1) is 18.3 Å². The van der Waals surface area contributed by atoms with E-state index < -0.39 is 5.25 Å². The number of hydrogen-bond acceptors (Lipinski definition) is 10. The molecule has 0 fully saturated rings. The number of rotatable bonds is 10. The van der Waals surface area contributed by atoms with Crippen molar-refractivity contribution in [1.82, 2.24) is 15.2 Å². The summed E-state index contributed by atoms with van der Waals surface area (Å²) < 4.78 is 16.6. The lowest BCUT2D eigenvalue weighted by Gasteiger charge is -2.18. The zero-order valence-electron chi connectivity index (χ0n) is 22.1. The number of nitrogens with one attached hydrogen (secondary N) is 1. The summed E-state index contributed by atoms with van der Waals surface area (Å²) in [6.45, 7) is 3.73. The molecule has 0 saturated carbocycles. The predicted octanol–water partition coefficient (Wildman–Crippen LogP) is 5.98. The van der Waals surface area contributed by atoms with Gasteiger partial charge in [-0.15, -0.1) is 10.2 Å². The smallest absolute Gasteiger partial charge is 0.239 e. The number of pyridine rings is 1. The van der Waals surface area contributed by atoms with E-state index in [0.29, 0.717) is 56.2 Å². The summed E-state index contributed by atoms with van der Waals surface area (Å²) in [7, 11) is 4.62. The molecule has 200 valence electrons. The number of nitriles is 1. The van der Waals surface area contributed by atoms with E-state index in [-0.39, 0.29) is 5.91 Å². The summed E-state index contributed by atoms with van der Waals surface area (Å²) >= 11 is 2.54. The highest BCUT2D eigenvalue weighted by Gasteiger charge is 2.25. The molecule has 0 radical (unpaired) electrons. The van der Waals surface area contributed by atoms with Gasteiger partial charge in [-0.3, -0.25) is 10.1 Å². The highest BCUT2D eigenvalue weighted by atomic mass is 32.2. The number of aromatic nitrogens is 3. The number of hydrogen-bond donors (Lipinski definition) is 1. The second-order valence-corrected chi connectivity index (χ2v) is 10.6. The van der Waals surface area contributed by atoms with Gasteiger partial charge < -0.3 is 14.2 Å². The topological polar surface area (TPSA) is 119 Å². The molecule has 1 atom stereocenters. The molecule has 11 heteroatoms. The fraction of sp³-hybridized carbons (Fsp3) is 0.250. The molecule has 1 N–H and O–H groups in total. The number of benzene rings is 2. The molecule has 2 aromatic heterocycles. The van der Waals surface area contributed by atoms with Crippen LogP contribution in [0.3, 0.4) is 0 Å². The van der Waals surface area contributed by atoms with Crippen LogP contribution in [0.4, 0.5) is 5.13 Å². The van der Waals surface area contributed by atoms with Crippen molar-refractivity contribution in [3.8, 4) is 45.7 Å². The molecule has 0 spiro atoms. The Morgan fingerprint density at radius 3 is 2.28 bits per heavy atom. The molecule has 4 aromatic rings. The summed E-state index contributed by atoms with van der Waals surface area (Å²) in [6.07, 6.45) is 0.510. The van der Waals surface area contributed by atoms with Crippen LogP contribution in [0.25, 0.3) is 22.4 Å². The quantitative estimate of drug-likeness (QED) is 0.233. The van der Waals surface area contributed by atoms with E-state index in [1.54, 1.807) is 26.4 Å². The van der Waals surface area contributed by atoms with Gasteiger partial charge in [-0.25, -0.2) is 4.98 Å². The summed E-state index contributed by atoms with van der Waals surface area (Å²) in [4.78, 5) is 18.0. The highest BCUT2D eigenvalue weighted by Crippen LogP contribution is 2.44. The highest BCUT2D eigenvalue weighted by molar-refractivity contribution is 8.00. The molecule has 2 heterocycles. The second kappa shape index (κ2) is 12.6. The van der Waals surface area contributed by atoms with Gasteiger partial charge in [-0.1, -0.05) is 60.4 Å². The molecule has 4 rings (SSSR count). The van der Waals surface area contributed by atoms with Crippen molar-refractivity contribution in [2.75, 3.05) is 26.6 Å². The average Bonchev–Trinajstić information content (AvgIpc) is 3.38. The first-order valence-corrected chi connectivity index (χ1v) is 13.7. The van der Waals surface area contributed by atoms with Crippen molar-refractivity contribution in [1.29, 1.82) is 5.26 Å². The van der Waals surface area contributed by atoms with E-state index in [9.17, 15) is 10.1 Å². The minimum absolute atomic E-state index is 0.233. The number of anilines is 1. The van der Waals surface area contributed by atoms with Crippen LogP contribution in [0.15, 0.2) is 53.6 Å². The van der Waals surface area contributed by atoms with Gasteiger partial charge in [0.05, 0.1) is 37.8 Å². The van der Waals surface area contributed by atoms with Crippen molar-refractivity contribution in [3.05, 3.63) is 59.1 Å². The third-order valence-corrected chi connectivity index (χ3v) is 7.92. The maximum Gasteiger partial charge on any atom is 0.239 e. The van der Waals surface area contributed by atoms with E-state index in [1.165, 1.54) is 30.2 Å². The Morgan fingerprint density at radius 1 is 1.05 bits per heavy atom. The molecule has 0 aliphatic rings. The number of amides is 1. The van der Waals surface area contributed by atoms with Crippen LogP contribution in [0.5, 0.6) is 17.2 Å². The third kappa shape index (κ3) is 6.13. The molecule has 9 nitrogen and oxygen atoms in total. The van der Waals surface area contributed by atoms with Crippen LogP contribution in [-0.2, 0) is 4.79 Å². The lowest BCUT2D eigenvalue weighted by molar-refractivity contribution is -0.115. The number of nitrogens with zero attached hydrogens (tertiary/aromatic N) is 4. The standard InChI is InChI=1S/C28H27N5O4S2/c1-6-24(26(34)31-28-33-32-16(2)38-28)39-27-20(15-29)19(14-21(30-27)17-10-8-7-9-11-17)18-12-22(35-3)25(37-5)23(13-18)36-4/h7-14,24H,6H2,1-5H3,(H,31,33,34). The first-order valence-electron chi connectivity index (χ1n) is 12.0. The van der Waals surface area contributed by atoms with Gasteiger partial charge in [0.1, 0.15) is 16.1 Å². The van der Waals surface area contributed by atoms with Crippen LogP contribution < -0.4 is 19.5 Å². The van der Waals surface area contributed by atoms with Gasteiger partial charge in [0, 0.05) is 11.1 Å². The third-order valence-electron chi connectivity index (χ3n) is 5.82. The molecule has 0 aliphatic carbocycles. The molecule has 39 heavy (non-hydrogen) atoms. The van der Waals surface area contributed by atoms with Gasteiger partial charge >= 0.3 is 0 Å². The molecule has 1 amide bonds. The Kier molecular flexibility index (Phi) is 9.01. The number of methoxy groups -OCH3 is 3. The number of aryl methyl sites for hydroxylation is 1. The Bertz CT molecular complexity index is 1490. The van der Waals surface area contributed by atoms with Gasteiger partial charge in [0.25, 0.3) is 0 Å². The Morgan fingerprint density at radius 2 is 1.74 bits per heavy atom. The second-order valence-electron chi connectivity index (χ2n) is 8.26. The van der Waals surface area contributed by atoms with E-state index in [1.807, 2.05) is 50.2 Å². The van der Waals surface area contributed by atoms with Crippen molar-refractivity contribution in [3.63, 3.8) is 0 Å². The zero-order valence-corrected chi connectivity index (χ0v) is 23.8. The first-order chi connectivity index (χ1) is 18.9. The molecule has 2 aromatic carbocycles. The fourth-order valence-electron chi connectivity index (χ4n) is 3.93. The monoisotopic (exact) mass is 561 g/mol. The summed E-state index contributed by atoms with van der Waals surface area (Å²) in [6, 6.07) is 17.4. The Labute approximate surface area is 235 Å². The van der Waals surface area contributed by atoms with Gasteiger partial charge in [-0.05, 0) is 37.1 Å². The van der Waals surface area contributed by atoms with E-state index in [0.717, 1.165) is 10.6 Å². The minimum Gasteiger partial charge on any atom is -0.493 e. The van der Waals surface area contributed by atoms with Crippen molar-refractivity contribution in [2.45, 2.75) is 30.5 Å². The molecular formula is C28H27N5O4S2. The van der Waals surface area contributed by atoms with Crippen molar-refractivity contribution in [2.24, 2.45) is 0 Å². The molecule has 1 unspecified atom stereocenters. The average molecular weight is 562 g/mol. The maximum absolute atomic E-state index is 13.2. The number of ether oxygens (including phenoxy) is 3. The Hall–Kier alpha value is -4.14. The number of thioether (sulfide) groups is 1. The summed E-state index contributed by atoms with van der Waals surface area (Å²) in [5.41, 5.74) is 3.19. The molecule has 0 aliphatic heterocycles. The van der Waals surface area contributed by atoms with Crippen molar-refractivity contribution < 1.29 is 19.0 Å².